The van der Waals surface area contributed by atoms with Crippen LogP contribution >= 0.6 is 0 Å². The van der Waals surface area contributed by atoms with Crippen molar-refractivity contribution >= 4 is 121 Å². The summed E-state index contributed by atoms with van der Waals surface area (Å²) in [5.74, 6) is 0. The quantitative estimate of drug-likeness (QED) is 0.469. The van der Waals surface area contributed by atoms with Crippen LogP contribution < -0.4 is 0 Å². The molecule has 11 heavy (non-hydrogen) atoms. The molecule has 0 aromatic carbocycles. The van der Waals surface area contributed by atoms with Gasteiger partial charge in [-0.1, -0.05) is 0 Å². The first-order chi connectivity index (χ1) is 4.24. The maximum atomic E-state index is 9.68. The van der Waals surface area contributed by atoms with Gasteiger partial charge >= 0.3 is 50.0 Å². The Kier molecular flexibility index (Phi) is 17.7. The molecule has 0 N–H and O–H groups in total. The van der Waals surface area contributed by atoms with E-state index in [2.05, 4.69) is 0 Å². The van der Waals surface area contributed by atoms with E-state index in [1.807, 2.05) is 0 Å². The Hall–Kier alpha value is 2.22. The summed E-state index contributed by atoms with van der Waals surface area (Å²) in [4.78, 5) is 38.7. The maximum Gasteiger partial charge on any atom is 0 e. The summed E-state index contributed by atoms with van der Waals surface area (Å²) in [7, 11) is 0. The molecule has 7 heteroatoms. The molecule has 0 amide bonds. The van der Waals surface area contributed by atoms with E-state index >= 15 is 0 Å². The zero-order valence-corrected chi connectivity index (χ0v) is 14.0. The van der Waals surface area contributed by atoms with E-state index < -0.39 is 13.0 Å². The van der Waals surface area contributed by atoms with Crippen LogP contribution in [-0.2, 0) is 32.1 Å². The van der Waals surface area contributed by atoms with Gasteiger partial charge in [-0.2, -0.15) is 0 Å². The second kappa shape index (κ2) is 10.3. The third-order valence-electron chi connectivity index (χ3n) is 0.433. The molecule has 0 rings (SSSR count). The average molecular weight is 291 g/mol. The first kappa shape index (κ1) is 18.9. The van der Waals surface area contributed by atoms with E-state index in [0.717, 1.165) is 17.9 Å². The summed E-state index contributed by atoms with van der Waals surface area (Å²) in [5, 5.41) is 0. The van der Waals surface area contributed by atoms with Crippen LogP contribution in [0.3, 0.4) is 0 Å². The Morgan fingerprint density at radius 3 is 0.818 bits per heavy atom. The van der Waals surface area contributed by atoms with Crippen molar-refractivity contribution in [2.24, 2.45) is 0 Å². The standard InChI is InChI=1S/4CO.2K.Ru/c4*1-2;;;. The number of carbonyl (C=O) groups excluding carboxylic acids is 4. The van der Waals surface area contributed by atoms with E-state index in [9.17, 15) is 19.2 Å². The maximum absolute atomic E-state index is 9.68. The molecule has 0 aliphatic heterocycles. The normalized spacial score (nSPS) is 6.55. The van der Waals surface area contributed by atoms with Gasteiger partial charge in [-0.3, -0.25) is 0 Å². The van der Waals surface area contributed by atoms with Crippen molar-refractivity contribution in [3.8, 4) is 0 Å². The first-order valence-electron chi connectivity index (χ1n) is 1.52. The van der Waals surface area contributed by atoms with E-state index in [4.69, 9.17) is 0 Å². The van der Waals surface area contributed by atoms with Crippen LogP contribution in [0.1, 0.15) is 0 Å². The Balaban J connectivity index is -0.000000320. The molecule has 2 radical (unpaired) electrons. The largest absolute Gasteiger partial charge is 0 e. The molecule has 0 unspecified atom stereocenters. The summed E-state index contributed by atoms with van der Waals surface area (Å²) in [6, 6.07) is 0. The minimum Gasteiger partial charge on any atom is 0 e. The number of rotatable bonds is 0. The fourth-order valence-electron chi connectivity index (χ4n) is 0.0884. The van der Waals surface area contributed by atoms with E-state index in [0.29, 0.717) is 0 Å². The summed E-state index contributed by atoms with van der Waals surface area (Å²) >= 11 is -4.22. The van der Waals surface area contributed by atoms with E-state index in [1.54, 1.807) is 0 Å². The summed E-state index contributed by atoms with van der Waals surface area (Å²) < 4.78 is 4.06. The van der Waals surface area contributed by atoms with Crippen molar-refractivity contribution in [3.63, 3.8) is 0 Å². The smallest absolute Gasteiger partial charge is 0 e. The molecule has 0 aliphatic carbocycles. The minimum atomic E-state index is -4.22. The van der Waals surface area contributed by atoms with Gasteiger partial charge in [0.2, 0.25) is 0 Å². The topological polar surface area (TPSA) is 68.3 Å². The summed E-state index contributed by atoms with van der Waals surface area (Å²) in [5.41, 5.74) is 0. The fourth-order valence-corrected chi connectivity index (χ4v) is 0.523. The van der Waals surface area contributed by atoms with Crippen molar-refractivity contribution < 1.29 is 32.1 Å². The van der Waals surface area contributed by atoms with Crippen molar-refractivity contribution in [3.05, 3.63) is 0 Å². The fraction of sp³-hybridized carbons (Fsp3) is 0. The van der Waals surface area contributed by atoms with Gasteiger partial charge in [0.15, 0.2) is 0 Å². The zero-order chi connectivity index (χ0) is 7.33. The van der Waals surface area contributed by atoms with Crippen LogP contribution in [0.2, 0.25) is 0 Å². The monoisotopic (exact) mass is 292 g/mol. The van der Waals surface area contributed by atoms with Gasteiger partial charge in [0.25, 0.3) is 0 Å². The Morgan fingerprint density at radius 2 is 0.818 bits per heavy atom. The van der Waals surface area contributed by atoms with Crippen LogP contribution in [0.4, 0.5) is 0 Å². The predicted octanol–water partition coefficient (Wildman–Crippen LogP) is -2.35. The minimum absolute atomic E-state index is 0. The second-order valence-corrected chi connectivity index (χ2v) is 4.85. The molecule has 0 bridgehead atoms. The third kappa shape index (κ3) is 6.31. The molecule has 0 fully saturated rings. The Bertz CT molecular complexity index is 366. The third-order valence-corrected chi connectivity index (χ3v) is 2.56. The molecular weight excluding hydrogens is 291 g/mol. The molecule has 50 valence electrons. The van der Waals surface area contributed by atoms with Crippen molar-refractivity contribution in [1.29, 1.82) is 0 Å². The van der Waals surface area contributed by atoms with Crippen molar-refractivity contribution in [1.82, 2.24) is 0 Å². The molecule has 0 aromatic heterocycles. The Morgan fingerprint density at radius 1 is 0.636 bits per heavy atom. The van der Waals surface area contributed by atoms with Gasteiger partial charge in [0.05, 0.1) is 0 Å². The van der Waals surface area contributed by atoms with Gasteiger partial charge < -0.3 is 0 Å². The summed E-state index contributed by atoms with van der Waals surface area (Å²) in [6.07, 6.45) is 0. The van der Waals surface area contributed by atoms with Gasteiger partial charge in [-0.15, -0.1) is 0 Å². The van der Waals surface area contributed by atoms with Crippen molar-refractivity contribution in [2.75, 3.05) is 0 Å². The van der Waals surface area contributed by atoms with Crippen LogP contribution in [0.15, 0.2) is 0 Å². The van der Waals surface area contributed by atoms with Crippen LogP contribution in [0.25, 0.3) is 0 Å². The van der Waals surface area contributed by atoms with Gasteiger partial charge in [0, 0.05) is 103 Å². The molecule has 0 atom stereocenters. The van der Waals surface area contributed by atoms with Crippen LogP contribution in [0, 0.1) is 0 Å². The first-order valence-corrected chi connectivity index (χ1v) is 5.00. The molecule has 0 spiro atoms. The second-order valence-electron chi connectivity index (χ2n) is 0.819. The van der Waals surface area contributed by atoms with Crippen LogP contribution in [-0.4, -0.2) is 121 Å². The molecular formula is C4K2O4Ru. The van der Waals surface area contributed by atoms with E-state index in [1.165, 1.54) is 0 Å². The SMILES string of the molecule is O=[C]=[Ru](=[C]=O)(=[C]=O)=[C]=O.[K].[K]. The summed E-state index contributed by atoms with van der Waals surface area (Å²) in [6.45, 7) is 0. The average Bonchev–Trinajstić information content (AvgIpc) is 1.95. The molecule has 0 saturated carbocycles. The molecule has 4 nitrogen and oxygen atoms in total. The zero-order valence-electron chi connectivity index (χ0n) is 5.99. The van der Waals surface area contributed by atoms with Gasteiger partial charge in [0.1, 0.15) is 0 Å². The molecule has 0 saturated heterocycles. The predicted molar refractivity (Wildman–Crippen MR) is 34.3 cm³/mol. The number of hydrogen-bond donors (Lipinski definition) is 0. The van der Waals surface area contributed by atoms with Gasteiger partial charge in [-0.05, 0) is 0 Å². The van der Waals surface area contributed by atoms with E-state index in [-0.39, 0.29) is 103 Å². The van der Waals surface area contributed by atoms with Crippen molar-refractivity contribution in [2.45, 2.75) is 0 Å². The van der Waals surface area contributed by atoms with Gasteiger partial charge in [-0.25, -0.2) is 0 Å². The van der Waals surface area contributed by atoms with Crippen LogP contribution in [0.5, 0.6) is 0 Å². The molecule has 0 aromatic rings. The number of hydrogen-bond acceptors (Lipinski definition) is 4. The Labute approximate surface area is 148 Å². The molecule has 0 heterocycles. The molecule has 0 aliphatic rings.